The van der Waals surface area contributed by atoms with Gasteiger partial charge in [-0.25, -0.2) is 0 Å². The van der Waals surface area contributed by atoms with Gasteiger partial charge in [0.05, 0.1) is 0 Å². The number of hydrogen-bond acceptors (Lipinski definition) is 2. The first-order valence-corrected chi connectivity index (χ1v) is 9.10. The SMILES string of the molecule is NC(=O)[NH][Zn]([Cl])[CH]=O. The van der Waals surface area contributed by atoms with Crippen LogP contribution in [-0.2, 0) is 20.0 Å². The Hall–Kier alpha value is -0.147. The van der Waals surface area contributed by atoms with Crippen molar-refractivity contribution in [2.24, 2.45) is 5.73 Å². The monoisotopic (exact) mass is 187 g/mol. The number of nitrogens with one attached hydrogen (secondary N) is 1. The fourth-order valence-electron chi connectivity index (χ4n) is 0.208. The number of primary amides is 1. The summed E-state index contributed by atoms with van der Waals surface area (Å²) < 4.78 is 2.14. The molecule has 4 nitrogen and oxygen atoms in total. The number of carbonyl (C=O) groups is 2. The van der Waals surface area contributed by atoms with Gasteiger partial charge in [0.2, 0.25) is 0 Å². The second kappa shape index (κ2) is 3.81. The second-order valence-corrected chi connectivity index (χ2v) is 7.70. The predicted octanol–water partition coefficient (Wildman–Crippen LogP) is -0.468. The van der Waals surface area contributed by atoms with Crippen LogP contribution in [0.4, 0.5) is 4.79 Å². The van der Waals surface area contributed by atoms with Gasteiger partial charge in [0.1, 0.15) is 0 Å². The van der Waals surface area contributed by atoms with Gasteiger partial charge in [0.15, 0.2) is 0 Å². The summed E-state index contributed by atoms with van der Waals surface area (Å²) in [5.41, 5.74) is 4.63. The molecule has 8 heavy (non-hydrogen) atoms. The summed E-state index contributed by atoms with van der Waals surface area (Å²) >= 11 is -2.75. The molecule has 0 spiro atoms. The van der Waals surface area contributed by atoms with E-state index in [9.17, 15) is 9.59 Å². The summed E-state index contributed by atoms with van der Waals surface area (Å²) in [6.45, 7) is 0. The molecule has 6 heteroatoms. The first-order chi connectivity index (χ1) is 3.66. The predicted molar refractivity (Wildman–Crippen MR) is 25.3 cm³/mol. The number of rotatable bonds is 2. The Labute approximate surface area is 55.6 Å². The molecule has 0 unspecified atom stereocenters. The zero-order valence-corrected chi connectivity index (χ0v) is 7.78. The molecule has 0 fully saturated rings. The Morgan fingerprint density at radius 1 is 1.88 bits per heavy atom. The standard InChI is InChI=1S/CH4N2O.CHO.ClH.Zn/c2-1(3)4;1-2;;/h(H4,2,3,4);1H;1H;/q;;;+2/p-2. The number of nitrogens with two attached hydrogens (primary N) is 1. The number of urea groups is 1. The van der Waals surface area contributed by atoms with E-state index in [1.165, 1.54) is 0 Å². The fraction of sp³-hybridized carbons (Fsp3) is 0. The van der Waals surface area contributed by atoms with E-state index in [4.69, 9.17) is 9.69 Å². The van der Waals surface area contributed by atoms with Crippen molar-refractivity contribution in [2.75, 3.05) is 0 Å². The summed E-state index contributed by atoms with van der Waals surface area (Å²) in [5.74, 6) is 0. The zero-order valence-electron chi connectivity index (χ0n) is 4.06. The molecule has 0 aliphatic carbocycles. The molecule has 0 aliphatic heterocycles. The molecule has 0 bridgehead atoms. The maximum absolute atomic E-state index is 9.89. The van der Waals surface area contributed by atoms with Gasteiger partial charge in [-0.2, -0.15) is 0 Å². The number of carbonyl (C=O) groups excluding carboxylic acids is 2. The number of amides is 2. The molecule has 43 valence electrons. The quantitative estimate of drug-likeness (QED) is 0.455. The van der Waals surface area contributed by atoms with Crippen molar-refractivity contribution in [3.8, 4) is 0 Å². The second-order valence-electron chi connectivity index (χ2n) is 1.20. The minimum absolute atomic E-state index is 0.576. The van der Waals surface area contributed by atoms with Gasteiger partial charge >= 0.3 is 55.2 Å². The molecular formula is C2H4ClN2O2Zn. The molecule has 0 saturated heterocycles. The zero-order chi connectivity index (χ0) is 6.57. The van der Waals surface area contributed by atoms with Crippen molar-refractivity contribution in [1.82, 2.24) is 4.06 Å². The third-order valence-corrected chi connectivity index (χ3v) is 3.89. The molecule has 2 amide bonds. The van der Waals surface area contributed by atoms with Crippen molar-refractivity contribution < 1.29 is 24.8 Å². The van der Waals surface area contributed by atoms with E-state index in [1.807, 2.05) is 0 Å². The molecule has 0 radical (unpaired) electrons. The Morgan fingerprint density at radius 2 is 2.38 bits per heavy atom. The molecule has 3 N–H and O–H groups in total. The van der Waals surface area contributed by atoms with E-state index in [0.29, 0.717) is 4.88 Å². The minimum atomic E-state index is -2.75. The van der Waals surface area contributed by atoms with Crippen LogP contribution in [0.5, 0.6) is 0 Å². The maximum atomic E-state index is 9.89. The summed E-state index contributed by atoms with van der Waals surface area (Å²) in [6, 6.07) is -0.716. The van der Waals surface area contributed by atoms with Gasteiger partial charge in [-0.3, -0.25) is 0 Å². The van der Waals surface area contributed by atoms with Crippen LogP contribution >= 0.6 is 9.69 Å². The van der Waals surface area contributed by atoms with Crippen LogP contribution in [-0.4, -0.2) is 10.9 Å². The van der Waals surface area contributed by atoms with Crippen LogP contribution in [0.15, 0.2) is 0 Å². The van der Waals surface area contributed by atoms with Crippen molar-refractivity contribution in [1.29, 1.82) is 0 Å². The van der Waals surface area contributed by atoms with E-state index < -0.39 is 21.2 Å². The Kier molecular flexibility index (Phi) is 3.74. The normalized spacial score (nSPS) is 7.62. The third kappa shape index (κ3) is 4.02. The van der Waals surface area contributed by atoms with Crippen LogP contribution in [0.2, 0.25) is 0 Å². The van der Waals surface area contributed by atoms with Crippen LogP contribution in [0.25, 0.3) is 0 Å². The summed E-state index contributed by atoms with van der Waals surface area (Å²) in [4.78, 5) is 20.2. The van der Waals surface area contributed by atoms with Crippen LogP contribution in [0.3, 0.4) is 0 Å². The topological polar surface area (TPSA) is 72.2 Å². The molecule has 0 heterocycles. The fourth-order valence-corrected chi connectivity index (χ4v) is 1.77. The van der Waals surface area contributed by atoms with Crippen molar-refractivity contribution in [3.05, 3.63) is 0 Å². The van der Waals surface area contributed by atoms with Gasteiger partial charge < -0.3 is 0 Å². The van der Waals surface area contributed by atoms with E-state index in [2.05, 4.69) is 9.79 Å². The Morgan fingerprint density at radius 3 is 2.50 bits per heavy atom. The van der Waals surface area contributed by atoms with Gasteiger partial charge in [0.25, 0.3) is 0 Å². The van der Waals surface area contributed by atoms with Crippen molar-refractivity contribution in [2.45, 2.75) is 0 Å². The first-order valence-electron chi connectivity index (χ1n) is 2.01. The average Bonchev–Trinajstić information content (AvgIpc) is 1.65. The van der Waals surface area contributed by atoms with Crippen molar-refractivity contribution in [3.63, 3.8) is 0 Å². The number of halogens is 1. The van der Waals surface area contributed by atoms with Gasteiger partial charge in [0, 0.05) is 0 Å². The Bertz CT molecular complexity index is 108. The van der Waals surface area contributed by atoms with Crippen LogP contribution < -0.4 is 9.79 Å². The molecule has 0 rings (SSSR count). The van der Waals surface area contributed by atoms with E-state index in [0.717, 1.165) is 0 Å². The molecule has 0 aromatic rings. The van der Waals surface area contributed by atoms with E-state index in [-0.39, 0.29) is 0 Å². The first kappa shape index (κ1) is 7.85. The molecular weight excluding hydrogens is 185 g/mol. The van der Waals surface area contributed by atoms with Gasteiger partial charge in [-0.15, -0.1) is 0 Å². The molecule has 0 aromatic heterocycles. The van der Waals surface area contributed by atoms with Gasteiger partial charge in [-0.1, -0.05) is 0 Å². The molecule has 0 aliphatic rings. The van der Waals surface area contributed by atoms with Crippen LogP contribution in [0.1, 0.15) is 0 Å². The molecule has 0 atom stereocenters. The summed E-state index contributed by atoms with van der Waals surface area (Å²) in [7, 11) is 5.29. The van der Waals surface area contributed by atoms with Crippen LogP contribution in [0, 0.1) is 0 Å². The van der Waals surface area contributed by atoms with Crippen molar-refractivity contribution >= 4 is 20.6 Å². The molecule has 0 saturated carbocycles. The summed E-state index contributed by atoms with van der Waals surface area (Å²) in [5, 5.41) is 0. The molecule has 0 aromatic carbocycles. The average molecular weight is 189 g/mol. The number of hydrogen-bond donors (Lipinski definition) is 2. The summed E-state index contributed by atoms with van der Waals surface area (Å²) in [6.07, 6.45) is 0. The van der Waals surface area contributed by atoms with Gasteiger partial charge in [-0.05, 0) is 0 Å². The van der Waals surface area contributed by atoms with E-state index in [1.54, 1.807) is 0 Å². The van der Waals surface area contributed by atoms with E-state index >= 15 is 0 Å². The Balaban J connectivity index is 3.38. The third-order valence-electron chi connectivity index (χ3n) is 0.489.